The summed E-state index contributed by atoms with van der Waals surface area (Å²) in [4.78, 5) is 25.1. The van der Waals surface area contributed by atoms with Gasteiger partial charge in [0.25, 0.3) is 5.91 Å². The predicted octanol–water partition coefficient (Wildman–Crippen LogP) is 3.34. The molecule has 2 aliphatic rings. The maximum atomic E-state index is 12.7. The molecule has 160 valence electrons. The van der Waals surface area contributed by atoms with Crippen LogP contribution >= 0.6 is 12.4 Å². The first-order valence-electron chi connectivity index (χ1n) is 10.5. The van der Waals surface area contributed by atoms with Crippen LogP contribution in [0.15, 0.2) is 48.5 Å². The van der Waals surface area contributed by atoms with Crippen LogP contribution in [0.3, 0.4) is 0 Å². The zero-order valence-corrected chi connectivity index (χ0v) is 18.1. The Morgan fingerprint density at radius 3 is 2.37 bits per heavy atom. The molecule has 4 unspecified atom stereocenters. The van der Waals surface area contributed by atoms with E-state index in [4.69, 9.17) is 5.73 Å². The Hall–Kier alpha value is -2.37. The lowest BCUT2D eigenvalue weighted by Gasteiger charge is -2.27. The molecule has 2 saturated carbocycles. The third-order valence-electron chi connectivity index (χ3n) is 6.51. The Bertz CT molecular complexity index is 898. The topological polar surface area (TPSA) is 84.2 Å². The van der Waals surface area contributed by atoms with Crippen molar-refractivity contribution in [2.24, 2.45) is 23.5 Å². The summed E-state index contributed by atoms with van der Waals surface area (Å²) >= 11 is 0. The molecule has 4 N–H and O–H groups in total. The molecule has 2 aromatic rings. The van der Waals surface area contributed by atoms with Gasteiger partial charge >= 0.3 is 0 Å². The summed E-state index contributed by atoms with van der Waals surface area (Å²) in [6, 6.07) is 15.5. The van der Waals surface area contributed by atoms with Crippen molar-refractivity contribution in [1.29, 1.82) is 0 Å². The fraction of sp³-hybridized carbons (Fsp3) is 0.417. The van der Waals surface area contributed by atoms with Gasteiger partial charge in [-0.2, -0.15) is 0 Å². The first kappa shape index (κ1) is 22.3. The molecule has 2 fully saturated rings. The molecule has 30 heavy (non-hydrogen) atoms. The number of fused-ring (bicyclic) bond motifs is 2. The lowest BCUT2D eigenvalue weighted by Crippen LogP contribution is -2.45. The molecular formula is C24H30ClN3O2. The number of rotatable bonds is 6. The Morgan fingerprint density at radius 1 is 0.967 bits per heavy atom. The minimum absolute atomic E-state index is 0. The monoisotopic (exact) mass is 427 g/mol. The number of hydrogen-bond acceptors (Lipinski definition) is 3. The molecule has 0 spiro atoms. The van der Waals surface area contributed by atoms with Crippen LogP contribution in [0.2, 0.25) is 0 Å². The Kier molecular flexibility index (Phi) is 7.16. The molecule has 2 bridgehead atoms. The largest absolute Gasteiger partial charge is 0.352 e. The van der Waals surface area contributed by atoms with Crippen molar-refractivity contribution in [2.45, 2.75) is 45.3 Å². The Morgan fingerprint density at radius 2 is 1.67 bits per heavy atom. The average Bonchev–Trinajstić information content (AvgIpc) is 3.33. The molecule has 5 nitrogen and oxygen atoms in total. The molecule has 2 aromatic carbocycles. The normalized spacial score (nSPS) is 24.2. The number of amides is 2. The second-order valence-corrected chi connectivity index (χ2v) is 8.52. The fourth-order valence-corrected chi connectivity index (χ4v) is 4.84. The highest BCUT2D eigenvalue weighted by Gasteiger charge is 2.48. The van der Waals surface area contributed by atoms with Crippen molar-refractivity contribution in [3.05, 3.63) is 70.8 Å². The SMILES string of the molecule is Cc1ccc(CNC(=O)c2cccc(CNC(=O)C3C4CCC(C4)C3N)c2)cc1.Cl. The highest BCUT2D eigenvalue weighted by atomic mass is 35.5. The van der Waals surface area contributed by atoms with E-state index in [1.165, 1.54) is 5.56 Å². The summed E-state index contributed by atoms with van der Waals surface area (Å²) < 4.78 is 0. The van der Waals surface area contributed by atoms with Gasteiger partial charge < -0.3 is 16.4 Å². The van der Waals surface area contributed by atoms with E-state index < -0.39 is 0 Å². The maximum Gasteiger partial charge on any atom is 0.251 e. The number of aryl methyl sites for hydroxylation is 1. The molecule has 2 amide bonds. The van der Waals surface area contributed by atoms with Crippen LogP contribution in [0.5, 0.6) is 0 Å². The molecular weight excluding hydrogens is 398 g/mol. The van der Waals surface area contributed by atoms with Crippen LogP contribution in [-0.2, 0) is 17.9 Å². The van der Waals surface area contributed by atoms with E-state index in [1.54, 1.807) is 6.07 Å². The van der Waals surface area contributed by atoms with E-state index in [0.29, 0.717) is 30.5 Å². The molecule has 0 aliphatic heterocycles. The number of nitrogens with one attached hydrogen (secondary N) is 2. The molecule has 0 heterocycles. The number of halogens is 1. The van der Waals surface area contributed by atoms with Gasteiger partial charge in [0.05, 0.1) is 5.92 Å². The second kappa shape index (κ2) is 9.63. The van der Waals surface area contributed by atoms with Crippen molar-refractivity contribution >= 4 is 24.2 Å². The standard InChI is InChI=1S/C24H29N3O2.ClH/c1-15-5-7-16(8-6-15)13-26-23(28)20-4-2-3-17(11-20)14-27-24(29)21-18-9-10-19(12-18)22(21)25;/h2-8,11,18-19,21-22H,9-10,12-14,25H2,1H3,(H,26,28)(H,27,29);1H. The predicted molar refractivity (Wildman–Crippen MR) is 120 cm³/mol. The first-order valence-corrected chi connectivity index (χ1v) is 10.5. The van der Waals surface area contributed by atoms with Gasteiger partial charge in [-0.15, -0.1) is 12.4 Å². The zero-order valence-electron chi connectivity index (χ0n) is 17.3. The third-order valence-corrected chi connectivity index (χ3v) is 6.51. The first-order chi connectivity index (χ1) is 14.0. The van der Waals surface area contributed by atoms with Gasteiger partial charge in [-0.3, -0.25) is 9.59 Å². The smallest absolute Gasteiger partial charge is 0.251 e. The lowest BCUT2D eigenvalue weighted by atomic mass is 9.84. The number of nitrogens with two attached hydrogens (primary N) is 1. The number of benzene rings is 2. The summed E-state index contributed by atoms with van der Waals surface area (Å²) in [5.74, 6) is 0.827. The van der Waals surface area contributed by atoms with Crippen LogP contribution in [0, 0.1) is 24.7 Å². The van der Waals surface area contributed by atoms with Crippen LogP contribution < -0.4 is 16.4 Å². The molecule has 2 aliphatic carbocycles. The van der Waals surface area contributed by atoms with Gasteiger partial charge in [-0.25, -0.2) is 0 Å². The molecule has 4 rings (SSSR count). The Labute approximate surface area is 184 Å². The van der Waals surface area contributed by atoms with Crippen LogP contribution in [-0.4, -0.2) is 17.9 Å². The van der Waals surface area contributed by atoms with Gasteiger partial charge in [0.15, 0.2) is 0 Å². The van der Waals surface area contributed by atoms with Gasteiger partial charge in [0.1, 0.15) is 0 Å². The minimum atomic E-state index is -0.117. The highest BCUT2D eigenvalue weighted by molar-refractivity contribution is 5.94. The highest BCUT2D eigenvalue weighted by Crippen LogP contribution is 2.47. The number of carbonyl (C=O) groups is 2. The van der Waals surface area contributed by atoms with Crippen molar-refractivity contribution in [3.63, 3.8) is 0 Å². The van der Waals surface area contributed by atoms with Gasteiger partial charge in [0, 0.05) is 24.7 Å². The van der Waals surface area contributed by atoms with E-state index in [0.717, 1.165) is 30.4 Å². The average molecular weight is 428 g/mol. The van der Waals surface area contributed by atoms with E-state index in [2.05, 4.69) is 10.6 Å². The molecule has 0 radical (unpaired) electrons. The Balaban J connectivity index is 0.00000256. The van der Waals surface area contributed by atoms with E-state index in [9.17, 15) is 9.59 Å². The van der Waals surface area contributed by atoms with Crippen LogP contribution in [0.4, 0.5) is 0 Å². The molecule has 4 atom stereocenters. The quantitative estimate of drug-likeness (QED) is 0.661. The second-order valence-electron chi connectivity index (χ2n) is 8.52. The summed E-state index contributed by atoms with van der Waals surface area (Å²) in [5.41, 5.74) is 10.0. The summed E-state index contributed by atoms with van der Waals surface area (Å²) in [6.07, 6.45) is 3.37. The van der Waals surface area contributed by atoms with Gasteiger partial charge in [0.2, 0.25) is 5.91 Å². The van der Waals surface area contributed by atoms with Gasteiger partial charge in [-0.05, 0) is 61.3 Å². The number of hydrogen-bond donors (Lipinski definition) is 3. The van der Waals surface area contributed by atoms with Crippen LogP contribution in [0.1, 0.15) is 46.3 Å². The minimum Gasteiger partial charge on any atom is -0.352 e. The van der Waals surface area contributed by atoms with E-state index in [1.807, 2.05) is 49.4 Å². The maximum absolute atomic E-state index is 12.7. The summed E-state index contributed by atoms with van der Waals surface area (Å²) in [6.45, 7) is 2.94. The zero-order chi connectivity index (χ0) is 20.4. The third kappa shape index (κ3) is 4.85. The van der Waals surface area contributed by atoms with Crippen molar-refractivity contribution < 1.29 is 9.59 Å². The fourth-order valence-electron chi connectivity index (χ4n) is 4.84. The summed E-state index contributed by atoms with van der Waals surface area (Å²) in [5, 5.41) is 5.99. The van der Waals surface area contributed by atoms with E-state index in [-0.39, 0.29) is 36.2 Å². The molecule has 0 saturated heterocycles. The van der Waals surface area contributed by atoms with Crippen molar-refractivity contribution in [3.8, 4) is 0 Å². The van der Waals surface area contributed by atoms with Crippen molar-refractivity contribution in [1.82, 2.24) is 10.6 Å². The molecule has 6 heteroatoms. The van der Waals surface area contributed by atoms with Gasteiger partial charge in [-0.1, -0.05) is 42.0 Å². The van der Waals surface area contributed by atoms with Crippen molar-refractivity contribution in [2.75, 3.05) is 0 Å². The van der Waals surface area contributed by atoms with Crippen LogP contribution in [0.25, 0.3) is 0 Å². The molecule has 0 aromatic heterocycles. The van der Waals surface area contributed by atoms with E-state index >= 15 is 0 Å². The summed E-state index contributed by atoms with van der Waals surface area (Å²) in [7, 11) is 0. The lowest BCUT2D eigenvalue weighted by molar-refractivity contribution is -0.127. The number of carbonyl (C=O) groups excluding carboxylic acids is 2.